The second-order valence-electron chi connectivity index (χ2n) is 13.5. The summed E-state index contributed by atoms with van der Waals surface area (Å²) in [4.78, 5) is 18.1. The van der Waals surface area contributed by atoms with Crippen molar-refractivity contribution < 1.29 is 4.79 Å². The van der Waals surface area contributed by atoms with Crippen LogP contribution in [0.4, 0.5) is 4.79 Å². The number of rotatable bonds is 12. The van der Waals surface area contributed by atoms with Gasteiger partial charge in [0.1, 0.15) is 0 Å². The van der Waals surface area contributed by atoms with Crippen LogP contribution in [-0.2, 0) is 0 Å². The fourth-order valence-electron chi connectivity index (χ4n) is 6.07. The zero-order chi connectivity index (χ0) is 31.3. The van der Waals surface area contributed by atoms with E-state index < -0.39 is 6.03 Å². The van der Waals surface area contributed by atoms with Gasteiger partial charge in [-0.25, -0.2) is 15.6 Å². The number of urea groups is 1. The van der Waals surface area contributed by atoms with E-state index in [9.17, 15) is 4.79 Å². The van der Waals surface area contributed by atoms with E-state index in [2.05, 4.69) is 95.0 Å². The molecule has 2 aliphatic heterocycles. The average molecular weight is 597 g/mol. The highest BCUT2D eigenvalue weighted by molar-refractivity contribution is 6.03. The molecule has 2 fully saturated rings. The van der Waals surface area contributed by atoms with Gasteiger partial charge in [-0.1, -0.05) is 113 Å². The highest BCUT2D eigenvalue weighted by Gasteiger charge is 2.29. The van der Waals surface area contributed by atoms with Gasteiger partial charge >= 0.3 is 6.03 Å². The number of hydrogen-bond acceptors (Lipinski definition) is 5. The summed E-state index contributed by atoms with van der Waals surface area (Å²) in [5.74, 6) is 0. The lowest BCUT2D eigenvalue weighted by Gasteiger charge is -2.35. The molecule has 2 aromatic carbocycles. The molecule has 0 spiro atoms. The third kappa shape index (κ3) is 10.9. The van der Waals surface area contributed by atoms with Crippen molar-refractivity contribution in [2.24, 2.45) is 21.0 Å². The number of amides is 2. The minimum absolute atomic E-state index is 0.265. The lowest BCUT2D eigenvalue weighted by molar-refractivity contribution is 0.186. The number of hydrazone groups is 2. The maximum Gasteiger partial charge on any atom is 0.355 e. The molecule has 4 rings (SSSR count). The van der Waals surface area contributed by atoms with Crippen molar-refractivity contribution in [1.29, 1.82) is 0 Å². The van der Waals surface area contributed by atoms with Crippen LogP contribution in [0.3, 0.4) is 0 Å². The lowest BCUT2D eigenvalue weighted by atomic mass is 9.85. The minimum Gasteiger partial charge on any atom is -0.302 e. The van der Waals surface area contributed by atoms with E-state index in [4.69, 9.17) is 0 Å². The molecule has 2 aromatic rings. The van der Waals surface area contributed by atoms with Crippen molar-refractivity contribution in [3.63, 3.8) is 0 Å². The summed E-state index contributed by atoms with van der Waals surface area (Å²) in [5.41, 5.74) is 8.80. The van der Waals surface area contributed by atoms with Crippen LogP contribution in [0.2, 0.25) is 0 Å². The summed E-state index contributed by atoms with van der Waals surface area (Å²) in [6.45, 7) is 15.0. The Hall–Kier alpha value is -3.55. The van der Waals surface area contributed by atoms with E-state index in [1.165, 1.54) is 38.5 Å². The van der Waals surface area contributed by atoms with E-state index in [0.717, 1.165) is 61.8 Å². The van der Waals surface area contributed by atoms with Crippen LogP contribution in [0, 0.1) is 10.8 Å². The number of carbonyl (C=O) groups excluding carboxylic acids is 1. The summed E-state index contributed by atoms with van der Waals surface area (Å²) in [6, 6.07) is 19.9. The quantitative estimate of drug-likeness (QED) is 0.198. The summed E-state index contributed by atoms with van der Waals surface area (Å²) in [5, 5.41) is 9.30. The molecule has 0 bridgehead atoms. The Morgan fingerprint density at radius 2 is 1.00 bits per heavy atom. The molecule has 0 saturated carbocycles. The summed E-state index contributed by atoms with van der Waals surface area (Å²) in [6.07, 6.45) is 15.7. The monoisotopic (exact) mass is 596 g/mol. The number of nitrogens with zero attached hydrogens (tertiary/aromatic N) is 4. The standard InChI is InChI=1S/C37H52N6O/c1-36(2,29-42-25-13-7-14-26-42)33(23-21-31-17-9-5-10-18-31)38-40-35(44)41-39-34(24-22-32-19-11-6-12-20-32)37(3,4)30-43-27-15-8-16-28-43/h5-6,9-12,17-24H,7-8,13-16,25-30H2,1-4H3,(H2,40,41,44)/b23-21+,24-22+,38-33+,39-34+. The highest BCUT2D eigenvalue weighted by atomic mass is 16.2. The van der Waals surface area contributed by atoms with Crippen molar-refractivity contribution in [1.82, 2.24) is 20.7 Å². The number of piperidine rings is 2. The molecular weight excluding hydrogens is 544 g/mol. The minimum atomic E-state index is -0.455. The predicted octanol–water partition coefficient (Wildman–Crippen LogP) is 7.45. The van der Waals surface area contributed by atoms with Gasteiger partial charge in [0.15, 0.2) is 0 Å². The molecule has 0 aliphatic carbocycles. The molecule has 236 valence electrons. The zero-order valence-electron chi connectivity index (χ0n) is 27.3. The van der Waals surface area contributed by atoms with Crippen molar-refractivity contribution in [3.05, 3.63) is 83.9 Å². The van der Waals surface area contributed by atoms with Gasteiger partial charge in [0, 0.05) is 23.9 Å². The number of hydrogen-bond donors (Lipinski definition) is 2. The van der Waals surface area contributed by atoms with Gasteiger partial charge in [-0.3, -0.25) is 0 Å². The smallest absolute Gasteiger partial charge is 0.302 e. The van der Waals surface area contributed by atoms with E-state index >= 15 is 0 Å². The normalized spacial score (nSPS) is 18.2. The first-order valence-corrected chi connectivity index (χ1v) is 16.3. The van der Waals surface area contributed by atoms with E-state index in [0.29, 0.717) is 0 Å². The maximum absolute atomic E-state index is 13.1. The highest BCUT2D eigenvalue weighted by Crippen LogP contribution is 2.25. The molecule has 2 aliphatic rings. The van der Waals surface area contributed by atoms with Crippen molar-refractivity contribution in [3.8, 4) is 0 Å². The van der Waals surface area contributed by atoms with Crippen molar-refractivity contribution in [2.45, 2.75) is 66.2 Å². The van der Waals surface area contributed by atoms with Gasteiger partial charge in [-0.15, -0.1) is 0 Å². The van der Waals surface area contributed by atoms with Gasteiger partial charge in [0.25, 0.3) is 0 Å². The number of benzene rings is 2. The first-order valence-electron chi connectivity index (χ1n) is 16.3. The molecule has 0 radical (unpaired) electrons. The molecule has 0 atom stereocenters. The number of carbonyl (C=O) groups is 1. The number of likely N-dealkylation sites (tertiary alicyclic amines) is 2. The molecule has 0 aromatic heterocycles. The number of allylic oxidation sites excluding steroid dienone is 2. The Morgan fingerprint density at radius 3 is 1.36 bits per heavy atom. The fourth-order valence-corrected chi connectivity index (χ4v) is 6.07. The third-order valence-corrected chi connectivity index (χ3v) is 8.54. The molecular formula is C37H52N6O. The first-order chi connectivity index (χ1) is 21.2. The van der Waals surface area contributed by atoms with Crippen LogP contribution >= 0.6 is 0 Å². The van der Waals surface area contributed by atoms with Gasteiger partial charge in [-0.05, 0) is 75.1 Å². The largest absolute Gasteiger partial charge is 0.355 e. The third-order valence-electron chi connectivity index (χ3n) is 8.54. The van der Waals surface area contributed by atoms with Crippen LogP contribution in [0.15, 0.2) is 83.0 Å². The van der Waals surface area contributed by atoms with Crippen LogP contribution in [0.25, 0.3) is 12.2 Å². The van der Waals surface area contributed by atoms with Crippen LogP contribution in [0.5, 0.6) is 0 Å². The Kier molecular flexibility index (Phi) is 12.5. The second-order valence-corrected chi connectivity index (χ2v) is 13.5. The topological polar surface area (TPSA) is 72.3 Å². The van der Waals surface area contributed by atoms with Crippen LogP contribution in [-0.4, -0.2) is 66.5 Å². The fraction of sp³-hybridized carbons (Fsp3) is 0.486. The summed E-state index contributed by atoms with van der Waals surface area (Å²) >= 11 is 0. The van der Waals surface area contributed by atoms with Crippen LogP contribution < -0.4 is 10.9 Å². The van der Waals surface area contributed by atoms with Gasteiger partial charge in [0.05, 0.1) is 11.4 Å². The summed E-state index contributed by atoms with van der Waals surface area (Å²) in [7, 11) is 0. The zero-order valence-corrected chi connectivity index (χ0v) is 27.3. The molecule has 2 saturated heterocycles. The van der Waals surface area contributed by atoms with E-state index in [1.807, 2.05) is 48.6 Å². The molecule has 2 heterocycles. The maximum atomic E-state index is 13.1. The Morgan fingerprint density at radius 1 is 0.636 bits per heavy atom. The van der Waals surface area contributed by atoms with Gasteiger partial charge in [-0.2, -0.15) is 10.2 Å². The molecule has 0 unspecified atom stereocenters. The van der Waals surface area contributed by atoms with Crippen molar-refractivity contribution >= 4 is 29.6 Å². The summed E-state index contributed by atoms with van der Waals surface area (Å²) < 4.78 is 0. The van der Waals surface area contributed by atoms with E-state index in [1.54, 1.807) is 0 Å². The Labute approximate surface area is 265 Å². The van der Waals surface area contributed by atoms with Gasteiger partial charge in [0.2, 0.25) is 0 Å². The first kappa shape index (κ1) is 33.3. The molecule has 7 heteroatoms. The second kappa shape index (κ2) is 16.5. The predicted molar refractivity (Wildman–Crippen MR) is 186 cm³/mol. The molecule has 44 heavy (non-hydrogen) atoms. The lowest BCUT2D eigenvalue weighted by Crippen LogP contribution is -2.43. The van der Waals surface area contributed by atoms with Gasteiger partial charge < -0.3 is 9.80 Å². The number of nitrogens with one attached hydrogen (secondary N) is 2. The SMILES string of the molecule is CC(C)(CN1CCCCC1)C(/C=C/c1ccccc1)=N/NC(=O)N/N=C(\C=C\c1ccccc1)C(C)(C)CN1CCCCC1. The van der Waals surface area contributed by atoms with Crippen molar-refractivity contribution in [2.75, 3.05) is 39.3 Å². The molecule has 2 amide bonds. The average Bonchev–Trinajstić information content (AvgIpc) is 3.02. The molecule has 7 nitrogen and oxygen atoms in total. The van der Waals surface area contributed by atoms with Crippen LogP contribution in [0.1, 0.15) is 77.3 Å². The Bertz CT molecular complexity index is 1180. The van der Waals surface area contributed by atoms with E-state index in [-0.39, 0.29) is 10.8 Å². The molecule has 2 N–H and O–H groups in total. The Balaban J connectivity index is 1.51.